The molecule has 0 unspecified atom stereocenters. The number of benzene rings is 2. The predicted molar refractivity (Wildman–Crippen MR) is 98.3 cm³/mol. The van der Waals surface area contributed by atoms with Gasteiger partial charge in [-0.25, -0.2) is 0 Å². The second-order valence-corrected chi connectivity index (χ2v) is 5.45. The van der Waals surface area contributed by atoms with E-state index < -0.39 is 0 Å². The van der Waals surface area contributed by atoms with Crippen LogP contribution in [0.3, 0.4) is 0 Å². The number of ether oxygens (including phenoxy) is 1. The zero-order valence-corrected chi connectivity index (χ0v) is 14.1. The SMILES string of the molecule is COc1ccc(C)cc1NC(=S)Nc1cccc(NC(C)=O)c1. The Kier molecular flexibility index (Phi) is 5.54. The summed E-state index contributed by atoms with van der Waals surface area (Å²) in [5.74, 6) is 0.596. The maximum absolute atomic E-state index is 11.1. The van der Waals surface area contributed by atoms with Crippen LogP contribution in [0.2, 0.25) is 0 Å². The van der Waals surface area contributed by atoms with Gasteiger partial charge in [0.05, 0.1) is 12.8 Å². The van der Waals surface area contributed by atoms with Crippen LogP contribution in [0, 0.1) is 6.92 Å². The molecule has 6 heteroatoms. The van der Waals surface area contributed by atoms with E-state index in [1.165, 1.54) is 6.92 Å². The molecule has 0 fully saturated rings. The van der Waals surface area contributed by atoms with Crippen LogP contribution in [-0.2, 0) is 4.79 Å². The van der Waals surface area contributed by atoms with E-state index in [4.69, 9.17) is 17.0 Å². The van der Waals surface area contributed by atoms with Crippen molar-refractivity contribution in [2.24, 2.45) is 0 Å². The van der Waals surface area contributed by atoms with Crippen molar-refractivity contribution >= 4 is 40.3 Å². The summed E-state index contributed by atoms with van der Waals surface area (Å²) >= 11 is 5.33. The summed E-state index contributed by atoms with van der Waals surface area (Å²) in [5.41, 5.74) is 3.38. The van der Waals surface area contributed by atoms with Gasteiger partial charge in [0.1, 0.15) is 5.75 Å². The van der Waals surface area contributed by atoms with Gasteiger partial charge in [-0.1, -0.05) is 12.1 Å². The number of rotatable bonds is 4. The fourth-order valence-electron chi connectivity index (χ4n) is 2.08. The molecule has 0 heterocycles. The molecule has 0 aliphatic carbocycles. The average Bonchev–Trinajstić information content (AvgIpc) is 2.47. The van der Waals surface area contributed by atoms with Crippen LogP contribution in [0.25, 0.3) is 0 Å². The number of hydrogen-bond acceptors (Lipinski definition) is 3. The largest absolute Gasteiger partial charge is 0.495 e. The first-order valence-electron chi connectivity index (χ1n) is 7.08. The van der Waals surface area contributed by atoms with Gasteiger partial charge >= 0.3 is 0 Å². The molecular formula is C17H19N3O2S. The van der Waals surface area contributed by atoms with E-state index in [0.717, 1.165) is 16.9 Å². The van der Waals surface area contributed by atoms with Crippen LogP contribution in [0.1, 0.15) is 12.5 Å². The van der Waals surface area contributed by atoms with Gasteiger partial charge in [-0.05, 0) is 55.0 Å². The van der Waals surface area contributed by atoms with E-state index in [0.29, 0.717) is 16.5 Å². The molecule has 3 N–H and O–H groups in total. The summed E-state index contributed by atoms with van der Waals surface area (Å²) in [5, 5.41) is 9.38. The number of hydrogen-bond donors (Lipinski definition) is 3. The molecule has 0 spiro atoms. The van der Waals surface area contributed by atoms with Gasteiger partial charge in [-0.3, -0.25) is 4.79 Å². The Labute approximate surface area is 141 Å². The fraction of sp³-hybridized carbons (Fsp3) is 0.176. The van der Waals surface area contributed by atoms with E-state index in [1.54, 1.807) is 7.11 Å². The quantitative estimate of drug-likeness (QED) is 0.745. The Morgan fingerprint density at radius 1 is 1.04 bits per heavy atom. The minimum Gasteiger partial charge on any atom is -0.495 e. The third-order valence-electron chi connectivity index (χ3n) is 3.04. The number of methoxy groups -OCH3 is 1. The molecule has 0 radical (unpaired) electrons. The molecule has 120 valence electrons. The van der Waals surface area contributed by atoms with Crippen molar-refractivity contribution in [2.45, 2.75) is 13.8 Å². The van der Waals surface area contributed by atoms with Gasteiger partial charge in [0.25, 0.3) is 0 Å². The van der Waals surface area contributed by atoms with E-state index in [1.807, 2.05) is 49.4 Å². The molecule has 0 atom stereocenters. The molecular weight excluding hydrogens is 310 g/mol. The predicted octanol–water partition coefficient (Wildman–Crippen LogP) is 3.77. The molecule has 0 aliphatic rings. The van der Waals surface area contributed by atoms with Crippen molar-refractivity contribution in [3.63, 3.8) is 0 Å². The number of anilines is 3. The zero-order valence-electron chi connectivity index (χ0n) is 13.3. The van der Waals surface area contributed by atoms with E-state index in [9.17, 15) is 4.79 Å². The number of amides is 1. The Hall–Kier alpha value is -2.60. The third kappa shape index (κ3) is 4.96. The summed E-state index contributed by atoms with van der Waals surface area (Å²) in [6.45, 7) is 3.47. The van der Waals surface area contributed by atoms with Gasteiger partial charge in [0.15, 0.2) is 5.11 Å². The molecule has 2 aromatic carbocycles. The Morgan fingerprint density at radius 3 is 2.39 bits per heavy atom. The summed E-state index contributed by atoms with van der Waals surface area (Å²) in [6, 6.07) is 13.1. The second kappa shape index (κ2) is 7.60. The van der Waals surface area contributed by atoms with Gasteiger partial charge in [0.2, 0.25) is 5.91 Å². The van der Waals surface area contributed by atoms with Crippen LogP contribution in [0.4, 0.5) is 17.1 Å². The van der Waals surface area contributed by atoms with Crippen LogP contribution >= 0.6 is 12.2 Å². The lowest BCUT2D eigenvalue weighted by Crippen LogP contribution is -2.19. The minimum absolute atomic E-state index is 0.118. The van der Waals surface area contributed by atoms with E-state index in [-0.39, 0.29) is 5.91 Å². The van der Waals surface area contributed by atoms with Crippen molar-refractivity contribution in [1.82, 2.24) is 0 Å². The number of carbonyl (C=O) groups excluding carboxylic acids is 1. The highest BCUT2D eigenvalue weighted by molar-refractivity contribution is 7.80. The molecule has 0 bridgehead atoms. The highest BCUT2D eigenvalue weighted by Gasteiger charge is 2.06. The molecule has 0 saturated carbocycles. The summed E-state index contributed by atoms with van der Waals surface area (Å²) in [7, 11) is 1.61. The molecule has 1 amide bonds. The maximum atomic E-state index is 11.1. The van der Waals surface area contributed by atoms with Crippen molar-refractivity contribution in [3.05, 3.63) is 48.0 Å². The summed E-state index contributed by atoms with van der Waals surface area (Å²) in [6.07, 6.45) is 0. The van der Waals surface area contributed by atoms with Crippen molar-refractivity contribution < 1.29 is 9.53 Å². The first-order valence-corrected chi connectivity index (χ1v) is 7.49. The first-order chi connectivity index (χ1) is 11.0. The Morgan fingerprint density at radius 2 is 1.74 bits per heavy atom. The summed E-state index contributed by atoms with van der Waals surface area (Å²) < 4.78 is 5.32. The second-order valence-electron chi connectivity index (χ2n) is 5.04. The molecule has 5 nitrogen and oxygen atoms in total. The zero-order chi connectivity index (χ0) is 16.8. The van der Waals surface area contributed by atoms with Crippen LogP contribution in [0.15, 0.2) is 42.5 Å². The lowest BCUT2D eigenvalue weighted by Gasteiger charge is -2.14. The molecule has 23 heavy (non-hydrogen) atoms. The lowest BCUT2D eigenvalue weighted by atomic mass is 10.2. The third-order valence-corrected chi connectivity index (χ3v) is 3.25. The Bertz CT molecular complexity index is 732. The molecule has 2 aromatic rings. The minimum atomic E-state index is -0.118. The number of nitrogens with one attached hydrogen (secondary N) is 3. The van der Waals surface area contributed by atoms with Crippen molar-refractivity contribution in [3.8, 4) is 5.75 Å². The van der Waals surface area contributed by atoms with Crippen LogP contribution in [0.5, 0.6) is 5.75 Å². The van der Waals surface area contributed by atoms with E-state index >= 15 is 0 Å². The number of thiocarbonyl (C=S) groups is 1. The van der Waals surface area contributed by atoms with Crippen molar-refractivity contribution in [2.75, 3.05) is 23.1 Å². The van der Waals surface area contributed by atoms with E-state index in [2.05, 4.69) is 16.0 Å². The standard InChI is InChI=1S/C17H19N3O2S/c1-11-7-8-16(22-3)15(9-11)20-17(23)19-14-6-4-5-13(10-14)18-12(2)21/h4-10H,1-3H3,(H,18,21)(H2,19,20,23). The van der Waals surface area contributed by atoms with Crippen LogP contribution in [-0.4, -0.2) is 18.1 Å². The Balaban J connectivity index is 2.08. The normalized spacial score (nSPS) is 9.87. The van der Waals surface area contributed by atoms with Gasteiger partial charge < -0.3 is 20.7 Å². The first kappa shape index (κ1) is 16.8. The topological polar surface area (TPSA) is 62.4 Å². The number of aryl methyl sites for hydroxylation is 1. The number of carbonyl (C=O) groups is 1. The molecule has 2 rings (SSSR count). The lowest BCUT2D eigenvalue weighted by molar-refractivity contribution is -0.114. The summed E-state index contributed by atoms with van der Waals surface area (Å²) in [4.78, 5) is 11.1. The van der Waals surface area contributed by atoms with Gasteiger partial charge in [-0.2, -0.15) is 0 Å². The average molecular weight is 329 g/mol. The molecule has 0 aliphatic heterocycles. The van der Waals surface area contributed by atoms with Crippen molar-refractivity contribution in [1.29, 1.82) is 0 Å². The monoisotopic (exact) mass is 329 g/mol. The maximum Gasteiger partial charge on any atom is 0.221 e. The smallest absolute Gasteiger partial charge is 0.221 e. The van der Waals surface area contributed by atoms with Gasteiger partial charge in [0, 0.05) is 18.3 Å². The fourth-order valence-corrected chi connectivity index (χ4v) is 2.31. The molecule has 0 saturated heterocycles. The highest BCUT2D eigenvalue weighted by atomic mass is 32.1. The van der Waals surface area contributed by atoms with Crippen LogP contribution < -0.4 is 20.7 Å². The highest BCUT2D eigenvalue weighted by Crippen LogP contribution is 2.25. The van der Waals surface area contributed by atoms with Gasteiger partial charge in [-0.15, -0.1) is 0 Å². The molecule has 0 aromatic heterocycles.